The van der Waals surface area contributed by atoms with Gasteiger partial charge < -0.3 is 4.74 Å². The summed E-state index contributed by atoms with van der Waals surface area (Å²) in [6, 6.07) is 17.0. The Kier molecular flexibility index (Phi) is 7.11. The fourth-order valence-electron chi connectivity index (χ4n) is 4.25. The molecular formula is C24H31FO. The van der Waals surface area contributed by atoms with Gasteiger partial charge in [0.15, 0.2) is 0 Å². The Hall–Kier alpha value is -1.83. The SMILES string of the molecule is CCCC1CCC(c2ccc(CCc3ccc(OCF)cc3)cc2)CC1. The lowest BCUT2D eigenvalue weighted by atomic mass is 9.77. The van der Waals surface area contributed by atoms with Crippen LogP contribution in [0.2, 0.25) is 0 Å². The number of benzene rings is 2. The van der Waals surface area contributed by atoms with Gasteiger partial charge in [-0.25, -0.2) is 4.39 Å². The molecule has 0 unspecified atom stereocenters. The average molecular weight is 355 g/mol. The van der Waals surface area contributed by atoms with Crippen molar-refractivity contribution in [1.82, 2.24) is 0 Å². The highest BCUT2D eigenvalue weighted by Gasteiger charge is 2.21. The Balaban J connectivity index is 1.48. The quantitative estimate of drug-likeness (QED) is 0.503. The molecule has 1 aliphatic rings. The predicted molar refractivity (Wildman–Crippen MR) is 107 cm³/mol. The third-order valence-electron chi connectivity index (χ3n) is 5.84. The molecule has 1 fully saturated rings. The first-order valence-corrected chi connectivity index (χ1v) is 10.1. The zero-order valence-corrected chi connectivity index (χ0v) is 15.9. The summed E-state index contributed by atoms with van der Waals surface area (Å²) in [5.41, 5.74) is 4.17. The van der Waals surface area contributed by atoms with Crippen molar-refractivity contribution in [3.8, 4) is 5.75 Å². The molecule has 1 saturated carbocycles. The van der Waals surface area contributed by atoms with Crippen molar-refractivity contribution in [2.24, 2.45) is 5.92 Å². The Labute approximate surface area is 157 Å². The molecule has 0 spiro atoms. The number of alkyl halides is 1. The maximum Gasteiger partial charge on any atom is 0.228 e. The highest BCUT2D eigenvalue weighted by molar-refractivity contribution is 5.29. The summed E-state index contributed by atoms with van der Waals surface area (Å²) in [4.78, 5) is 0. The van der Waals surface area contributed by atoms with Crippen molar-refractivity contribution >= 4 is 0 Å². The summed E-state index contributed by atoms with van der Waals surface area (Å²) in [6.45, 7) is 1.53. The van der Waals surface area contributed by atoms with Gasteiger partial charge in [0.1, 0.15) is 5.75 Å². The lowest BCUT2D eigenvalue weighted by molar-refractivity contribution is 0.191. The lowest BCUT2D eigenvalue weighted by Crippen LogP contribution is -2.13. The highest BCUT2D eigenvalue weighted by Crippen LogP contribution is 2.37. The van der Waals surface area contributed by atoms with Crippen LogP contribution < -0.4 is 4.74 Å². The topological polar surface area (TPSA) is 9.23 Å². The van der Waals surface area contributed by atoms with Crippen LogP contribution in [0.25, 0.3) is 0 Å². The Morgan fingerprint density at radius 2 is 1.42 bits per heavy atom. The monoisotopic (exact) mass is 354 g/mol. The highest BCUT2D eigenvalue weighted by atomic mass is 19.1. The molecule has 2 aromatic carbocycles. The normalized spacial score (nSPS) is 20.1. The molecule has 26 heavy (non-hydrogen) atoms. The van der Waals surface area contributed by atoms with Crippen LogP contribution in [0.4, 0.5) is 4.39 Å². The molecule has 0 radical (unpaired) electrons. The Bertz CT molecular complexity index is 639. The van der Waals surface area contributed by atoms with Crippen LogP contribution in [0.5, 0.6) is 5.75 Å². The van der Waals surface area contributed by atoms with Crippen LogP contribution in [0.1, 0.15) is 68.1 Å². The summed E-state index contributed by atoms with van der Waals surface area (Å²) in [5, 5.41) is 0. The van der Waals surface area contributed by atoms with Crippen LogP contribution in [0.3, 0.4) is 0 Å². The van der Waals surface area contributed by atoms with E-state index in [2.05, 4.69) is 31.2 Å². The zero-order valence-electron chi connectivity index (χ0n) is 15.9. The second kappa shape index (κ2) is 9.75. The molecule has 2 heteroatoms. The molecule has 0 atom stereocenters. The number of rotatable bonds is 8. The first kappa shape index (κ1) is 18.9. The maximum absolute atomic E-state index is 12.1. The van der Waals surface area contributed by atoms with Crippen molar-refractivity contribution in [3.63, 3.8) is 0 Å². The van der Waals surface area contributed by atoms with Gasteiger partial charge in [-0.05, 0) is 79.2 Å². The predicted octanol–water partition coefficient (Wildman–Crippen LogP) is 6.85. The third kappa shape index (κ3) is 5.33. The lowest BCUT2D eigenvalue weighted by Gasteiger charge is -2.28. The van der Waals surface area contributed by atoms with Crippen LogP contribution in [-0.4, -0.2) is 6.86 Å². The molecule has 0 heterocycles. The summed E-state index contributed by atoms with van der Waals surface area (Å²) >= 11 is 0. The first-order chi connectivity index (χ1) is 12.8. The molecule has 1 aliphatic carbocycles. The minimum absolute atomic E-state index is 0.592. The average Bonchev–Trinajstić information content (AvgIpc) is 2.69. The van der Waals surface area contributed by atoms with Crippen LogP contribution in [-0.2, 0) is 12.8 Å². The van der Waals surface area contributed by atoms with Gasteiger partial charge in [-0.2, -0.15) is 0 Å². The van der Waals surface area contributed by atoms with Crippen LogP contribution >= 0.6 is 0 Å². The number of ether oxygens (including phenoxy) is 1. The molecular weight excluding hydrogens is 323 g/mol. The van der Waals surface area contributed by atoms with E-state index < -0.39 is 6.86 Å². The van der Waals surface area contributed by atoms with Crippen LogP contribution in [0.15, 0.2) is 48.5 Å². The van der Waals surface area contributed by atoms with Gasteiger partial charge in [0, 0.05) is 0 Å². The fraction of sp³-hybridized carbons (Fsp3) is 0.500. The standard InChI is InChI=1S/C24H31FO/c1-2-3-19-6-12-22(13-7-19)23-14-8-20(9-15-23)4-5-21-10-16-24(17-11-21)26-18-25/h8-11,14-17,19,22H,2-7,12-13,18H2,1H3. The smallest absolute Gasteiger partial charge is 0.228 e. The van der Waals surface area contributed by atoms with Crippen LogP contribution in [0, 0.1) is 5.92 Å². The molecule has 0 aromatic heterocycles. The first-order valence-electron chi connectivity index (χ1n) is 10.1. The Morgan fingerprint density at radius 1 is 0.846 bits per heavy atom. The fourth-order valence-corrected chi connectivity index (χ4v) is 4.25. The number of aryl methyl sites for hydroxylation is 2. The molecule has 0 bridgehead atoms. The number of hydrogen-bond donors (Lipinski definition) is 0. The van der Waals surface area contributed by atoms with Gasteiger partial charge in [0.2, 0.25) is 6.86 Å². The number of halogens is 1. The Morgan fingerprint density at radius 3 is 1.96 bits per heavy atom. The zero-order chi connectivity index (χ0) is 18.2. The molecule has 140 valence electrons. The van der Waals surface area contributed by atoms with Gasteiger partial charge in [-0.3, -0.25) is 0 Å². The third-order valence-corrected chi connectivity index (χ3v) is 5.84. The van der Waals surface area contributed by atoms with E-state index in [1.807, 2.05) is 24.3 Å². The minimum atomic E-state index is -0.772. The van der Waals surface area contributed by atoms with E-state index in [4.69, 9.17) is 4.74 Å². The minimum Gasteiger partial charge on any atom is -0.463 e. The van der Waals surface area contributed by atoms with E-state index in [1.165, 1.54) is 55.2 Å². The number of hydrogen-bond acceptors (Lipinski definition) is 1. The molecule has 2 aromatic rings. The summed E-state index contributed by atoms with van der Waals surface area (Å²) in [5.74, 6) is 2.33. The van der Waals surface area contributed by atoms with E-state index in [0.717, 1.165) is 24.7 Å². The van der Waals surface area contributed by atoms with E-state index in [1.54, 1.807) is 0 Å². The van der Waals surface area contributed by atoms with E-state index in [9.17, 15) is 4.39 Å². The molecule has 0 saturated heterocycles. The summed E-state index contributed by atoms with van der Waals surface area (Å²) < 4.78 is 17.0. The van der Waals surface area contributed by atoms with E-state index >= 15 is 0 Å². The molecule has 3 rings (SSSR count). The van der Waals surface area contributed by atoms with Gasteiger partial charge >= 0.3 is 0 Å². The van der Waals surface area contributed by atoms with Gasteiger partial charge in [-0.1, -0.05) is 56.2 Å². The van der Waals surface area contributed by atoms with Crippen molar-refractivity contribution < 1.29 is 9.13 Å². The largest absolute Gasteiger partial charge is 0.463 e. The van der Waals surface area contributed by atoms with Crippen molar-refractivity contribution in [1.29, 1.82) is 0 Å². The maximum atomic E-state index is 12.1. The van der Waals surface area contributed by atoms with Crippen molar-refractivity contribution in [2.75, 3.05) is 6.86 Å². The summed E-state index contributed by atoms with van der Waals surface area (Å²) in [7, 11) is 0. The second-order valence-electron chi connectivity index (χ2n) is 7.65. The van der Waals surface area contributed by atoms with Crippen molar-refractivity contribution in [3.05, 3.63) is 65.2 Å². The van der Waals surface area contributed by atoms with Gasteiger partial charge in [0.05, 0.1) is 0 Å². The summed E-state index contributed by atoms with van der Waals surface area (Å²) in [6.07, 6.45) is 10.3. The van der Waals surface area contributed by atoms with Crippen molar-refractivity contribution in [2.45, 2.75) is 64.2 Å². The van der Waals surface area contributed by atoms with Gasteiger partial charge in [0.25, 0.3) is 0 Å². The molecule has 0 N–H and O–H groups in total. The molecule has 0 aliphatic heterocycles. The molecule has 0 amide bonds. The van der Waals surface area contributed by atoms with E-state index in [-0.39, 0.29) is 0 Å². The van der Waals surface area contributed by atoms with E-state index in [0.29, 0.717) is 5.75 Å². The second-order valence-corrected chi connectivity index (χ2v) is 7.65. The molecule has 1 nitrogen and oxygen atoms in total. The van der Waals surface area contributed by atoms with Gasteiger partial charge in [-0.15, -0.1) is 0 Å².